The van der Waals surface area contributed by atoms with Crippen LogP contribution in [0.1, 0.15) is 20.8 Å². The van der Waals surface area contributed by atoms with E-state index in [1.54, 1.807) is 0 Å². The van der Waals surface area contributed by atoms with Gasteiger partial charge in [0.25, 0.3) is 0 Å². The van der Waals surface area contributed by atoms with Crippen LogP contribution in [0.2, 0.25) is 0 Å². The van der Waals surface area contributed by atoms with Crippen molar-refractivity contribution in [3.05, 3.63) is 34.8 Å². The van der Waals surface area contributed by atoms with E-state index in [1.165, 1.54) is 16.6 Å². The maximum absolute atomic E-state index is 2.28. The summed E-state index contributed by atoms with van der Waals surface area (Å²) >= 11 is 0. The van der Waals surface area contributed by atoms with Gasteiger partial charge in [0, 0.05) is 0 Å². The lowest BCUT2D eigenvalue weighted by Crippen LogP contribution is -1.89. The van der Waals surface area contributed by atoms with Crippen molar-refractivity contribution < 1.29 is 0 Å². The molecule has 0 aromatic heterocycles. The molecule has 1 aliphatic rings. The minimum atomic E-state index is 0.599. The third-order valence-corrected chi connectivity index (χ3v) is 2.42. The Balaban J connectivity index is 3.04. The Morgan fingerprint density at radius 2 is 2.00 bits per heavy atom. The highest BCUT2D eigenvalue weighted by molar-refractivity contribution is 6.24. The average Bonchev–Trinajstić information content (AvgIpc) is 2.05. The van der Waals surface area contributed by atoms with Crippen LogP contribution in [0.4, 0.5) is 0 Å². The lowest BCUT2D eigenvalue weighted by molar-refractivity contribution is 0.864. The highest BCUT2D eigenvalue weighted by Gasteiger charge is 2.03. The molecular formula is C10H15B. The van der Waals surface area contributed by atoms with Gasteiger partial charge in [-0.25, -0.2) is 0 Å². The molecule has 0 aromatic carbocycles. The Kier molecular flexibility index (Phi) is 2.38. The van der Waals surface area contributed by atoms with E-state index in [0.717, 1.165) is 0 Å². The predicted molar refractivity (Wildman–Crippen MR) is 53.3 cm³/mol. The van der Waals surface area contributed by atoms with Crippen molar-refractivity contribution in [2.45, 2.75) is 20.8 Å². The fourth-order valence-corrected chi connectivity index (χ4v) is 1.16. The molecule has 0 fully saturated rings. The normalized spacial score (nSPS) is 25.0. The van der Waals surface area contributed by atoms with Crippen LogP contribution in [-0.2, 0) is 0 Å². The Bertz CT molecular complexity index is 244. The number of hydrogen-bond acceptors (Lipinski definition) is 0. The third kappa shape index (κ3) is 1.86. The Morgan fingerprint density at radius 3 is 2.64 bits per heavy atom. The number of allylic oxidation sites excluding steroid dienone is 6. The Labute approximate surface area is 70.1 Å². The van der Waals surface area contributed by atoms with Crippen molar-refractivity contribution >= 4 is 7.85 Å². The van der Waals surface area contributed by atoms with E-state index in [4.69, 9.17) is 0 Å². The summed E-state index contributed by atoms with van der Waals surface area (Å²) in [5, 5.41) is 0. The molecule has 0 radical (unpaired) electrons. The Morgan fingerprint density at radius 1 is 1.36 bits per heavy atom. The number of rotatable bonds is 0. The van der Waals surface area contributed by atoms with Gasteiger partial charge >= 0.3 is 0 Å². The van der Waals surface area contributed by atoms with E-state index in [2.05, 4.69) is 46.8 Å². The minimum Gasteiger partial charge on any atom is -0.0864 e. The van der Waals surface area contributed by atoms with E-state index in [1.807, 2.05) is 0 Å². The first-order valence-corrected chi connectivity index (χ1v) is 4.15. The summed E-state index contributed by atoms with van der Waals surface area (Å²) in [6, 6.07) is 0. The average molecular weight is 146 g/mol. The Hall–Kier alpha value is -0.715. The zero-order valence-electron chi connectivity index (χ0n) is 7.81. The third-order valence-electron chi connectivity index (χ3n) is 2.42. The molecule has 58 valence electrons. The first-order valence-electron chi connectivity index (χ1n) is 4.15. The number of hydrogen-bond donors (Lipinski definition) is 0. The van der Waals surface area contributed by atoms with Crippen molar-refractivity contribution in [2.75, 3.05) is 0 Å². The van der Waals surface area contributed by atoms with Gasteiger partial charge in [0.15, 0.2) is 0 Å². The predicted octanol–water partition coefficient (Wildman–Crippen LogP) is 2.05. The molecule has 1 heteroatoms. The van der Waals surface area contributed by atoms with Crippen LogP contribution >= 0.6 is 0 Å². The van der Waals surface area contributed by atoms with Crippen molar-refractivity contribution in [1.29, 1.82) is 0 Å². The van der Waals surface area contributed by atoms with Gasteiger partial charge in [-0.15, -0.1) is 0 Å². The van der Waals surface area contributed by atoms with Crippen LogP contribution in [0.5, 0.6) is 0 Å². The van der Waals surface area contributed by atoms with Gasteiger partial charge < -0.3 is 0 Å². The molecule has 0 heterocycles. The van der Waals surface area contributed by atoms with Crippen LogP contribution in [0.3, 0.4) is 0 Å². The smallest absolute Gasteiger partial charge is 0.0864 e. The molecule has 0 saturated carbocycles. The second-order valence-electron chi connectivity index (χ2n) is 3.40. The van der Waals surface area contributed by atoms with Crippen molar-refractivity contribution in [3.63, 3.8) is 0 Å². The van der Waals surface area contributed by atoms with Gasteiger partial charge in [-0.05, 0) is 19.8 Å². The summed E-state index contributed by atoms with van der Waals surface area (Å²) in [4.78, 5) is 0. The minimum absolute atomic E-state index is 0.599. The maximum Gasteiger partial charge on any atom is 0.139 e. The van der Waals surface area contributed by atoms with Gasteiger partial charge in [-0.2, -0.15) is 0 Å². The zero-order chi connectivity index (χ0) is 8.43. The SMILES string of the molecule is BC1=C(C)C=C(C)C(C)C=C1. The zero-order valence-corrected chi connectivity index (χ0v) is 7.81. The van der Waals surface area contributed by atoms with E-state index < -0.39 is 0 Å². The molecule has 0 aliphatic heterocycles. The van der Waals surface area contributed by atoms with E-state index in [-0.39, 0.29) is 0 Å². The molecule has 1 atom stereocenters. The highest BCUT2D eigenvalue weighted by atomic mass is 14.1. The molecule has 0 saturated heterocycles. The first-order chi connectivity index (χ1) is 5.11. The lowest BCUT2D eigenvalue weighted by atomic mass is 9.91. The molecule has 0 nitrogen and oxygen atoms in total. The molecule has 0 aromatic rings. The van der Waals surface area contributed by atoms with Crippen molar-refractivity contribution in [2.24, 2.45) is 5.92 Å². The van der Waals surface area contributed by atoms with Gasteiger partial charge in [-0.1, -0.05) is 41.8 Å². The maximum atomic E-state index is 2.28. The van der Waals surface area contributed by atoms with Crippen molar-refractivity contribution in [1.82, 2.24) is 0 Å². The van der Waals surface area contributed by atoms with Crippen molar-refractivity contribution in [3.8, 4) is 0 Å². The fraction of sp³-hybridized carbons (Fsp3) is 0.400. The van der Waals surface area contributed by atoms with Crippen LogP contribution in [-0.4, -0.2) is 7.85 Å². The molecule has 0 bridgehead atoms. The molecular weight excluding hydrogens is 131 g/mol. The lowest BCUT2D eigenvalue weighted by Gasteiger charge is -2.03. The largest absolute Gasteiger partial charge is 0.139 e. The quantitative estimate of drug-likeness (QED) is 0.459. The molecule has 1 aliphatic carbocycles. The monoisotopic (exact) mass is 146 g/mol. The van der Waals surface area contributed by atoms with Gasteiger partial charge in [0.05, 0.1) is 0 Å². The standard InChI is InChI=1S/C10H15B/c1-7-4-5-10(11)9(3)6-8(7)2/h4-7H,11H2,1-3H3. The van der Waals surface area contributed by atoms with Crippen LogP contribution < -0.4 is 0 Å². The summed E-state index contributed by atoms with van der Waals surface area (Å²) in [5.74, 6) is 0.599. The molecule has 0 spiro atoms. The van der Waals surface area contributed by atoms with E-state index in [9.17, 15) is 0 Å². The van der Waals surface area contributed by atoms with Crippen LogP contribution in [0, 0.1) is 5.92 Å². The molecule has 1 unspecified atom stereocenters. The summed E-state index contributed by atoms with van der Waals surface area (Å²) in [5.41, 5.74) is 4.23. The molecule has 1 rings (SSSR count). The van der Waals surface area contributed by atoms with Gasteiger partial charge in [0.1, 0.15) is 7.85 Å². The summed E-state index contributed by atoms with van der Waals surface area (Å²) in [6.45, 7) is 6.59. The second kappa shape index (κ2) is 3.12. The fourth-order valence-electron chi connectivity index (χ4n) is 1.16. The summed E-state index contributed by atoms with van der Waals surface area (Å²) in [7, 11) is 2.16. The highest BCUT2D eigenvalue weighted by Crippen LogP contribution is 2.19. The topological polar surface area (TPSA) is 0 Å². The first kappa shape index (κ1) is 8.38. The van der Waals surface area contributed by atoms with E-state index in [0.29, 0.717) is 5.92 Å². The molecule has 11 heavy (non-hydrogen) atoms. The molecule has 0 amide bonds. The van der Waals surface area contributed by atoms with Crippen LogP contribution in [0.15, 0.2) is 34.8 Å². The van der Waals surface area contributed by atoms with Gasteiger partial charge in [0.2, 0.25) is 0 Å². The molecule has 0 N–H and O–H groups in total. The summed E-state index contributed by atoms with van der Waals surface area (Å²) in [6.07, 6.45) is 6.75. The van der Waals surface area contributed by atoms with E-state index >= 15 is 0 Å². The summed E-state index contributed by atoms with van der Waals surface area (Å²) < 4.78 is 0. The van der Waals surface area contributed by atoms with Gasteiger partial charge in [-0.3, -0.25) is 0 Å². The second-order valence-corrected chi connectivity index (χ2v) is 3.40. The van der Waals surface area contributed by atoms with Crippen LogP contribution in [0.25, 0.3) is 0 Å².